The van der Waals surface area contributed by atoms with E-state index in [4.69, 9.17) is 0 Å². The Labute approximate surface area is 126 Å². The van der Waals surface area contributed by atoms with Crippen LogP contribution in [0.15, 0.2) is 24.3 Å². The summed E-state index contributed by atoms with van der Waals surface area (Å²) >= 11 is 0. The van der Waals surface area contributed by atoms with Gasteiger partial charge in [-0.2, -0.15) is 4.98 Å². The maximum atomic E-state index is 13.5. The molecule has 112 valence electrons. The molecular weight excluding hydrogens is 285 g/mol. The smallest absolute Gasteiger partial charge is 0.295 e. The van der Waals surface area contributed by atoms with Gasteiger partial charge in [0.2, 0.25) is 5.82 Å². The Morgan fingerprint density at radius 2 is 1.95 bits per heavy atom. The maximum absolute atomic E-state index is 13.5. The molecule has 0 spiro atoms. The van der Waals surface area contributed by atoms with Crippen molar-refractivity contribution in [1.29, 1.82) is 0 Å². The van der Waals surface area contributed by atoms with Crippen LogP contribution in [0.1, 0.15) is 27.6 Å². The van der Waals surface area contributed by atoms with Gasteiger partial charge in [-0.1, -0.05) is 6.07 Å². The molecule has 0 radical (unpaired) electrons. The molecule has 6 nitrogen and oxygen atoms in total. The van der Waals surface area contributed by atoms with Gasteiger partial charge in [0.25, 0.3) is 11.7 Å². The third kappa shape index (κ3) is 2.52. The molecule has 3 aromatic rings. The monoisotopic (exact) mass is 299 g/mol. The number of halogens is 1. The van der Waals surface area contributed by atoms with Crippen LogP contribution in [-0.2, 0) is 0 Å². The van der Waals surface area contributed by atoms with Gasteiger partial charge in [-0.3, -0.25) is 4.79 Å². The van der Waals surface area contributed by atoms with Crippen LogP contribution in [-0.4, -0.2) is 25.5 Å². The van der Waals surface area contributed by atoms with Crippen LogP contribution >= 0.6 is 0 Å². The number of carbonyl (C=O) groups excluding carboxylic acids is 1. The summed E-state index contributed by atoms with van der Waals surface area (Å²) in [6.45, 7) is 5.35. The Bertz CT molecular complexity index is 887. The molecule has 22 heavy (non-hydrogen) atoms. The van der Waals surface area contributed by atoms with E-state index in [1.165, 1.54) is 10.6 Å². The highest BCUT2D eigenvalue weighted by Gasteiger charge is 2.15. The van der Waals surface area contributed by atoms with Gasteiger partial charge >= 0.3 is 0 Å². The zero-order chi connectivity index (χ0) is 15.9. The highest BCUT2D eigenvalue weighted by molar-refractivity contribution is 6.01. The number of fused-ring (bicyclic) bond motifs is 1. The average molecular weight is 299 g/mol. The van der Waals surface area contributed by atoms with Gasteiger partial charge in [0.15, 0.2) is 0 Å². The Morgan fingerprint density at radius 1 is 1.18 bits per heavy atom. The van der Waals surface area contributed by atoms with Gasteiger partial charge in [0.1, 0.15) is 5.82 Å². The first kappa shape index (κ1) is 14.1. The topological polar surface area (TPSA) is 72.2 Å². The molecule has 0 atom stereocenters. The molecule has 0 aliphatic carbocycles. The fourth-order valence-electron chi connectivity index (χ4n) is 2.12. The number of hydrogen-bond donors (Lipinski definition) is 1. The maximum Gasteiger partial charge on any atom is 0.295 e. The van der Waals surface area contributed by atoms with Crippen LogP contribution in [0, 0.1) is 26.6 Å². The van der Waals surface area contributed by atoms with Crippen LogP contribution in [0.3, 0.4) is 0 Å². The second kappa shape index (κ2) is 5.18. The predicted molar refractivity (Wildman–Crippen MR) is 79.3 cm³/mol. The lowest BCUT2D eigenvalue weighted by molar-refractivity contribution is 0.101. The normalized spacial score (nSPS) is 10.9. The number of rotatable bonds is 2. The quantitative estimate of drug-likeness (QED) is 0.789. The molecule has 7 heteroatoms. The molecule has 1 aromatic carbocycles. The number of nitrogens with one attached hydrogen (secondary N) is 1. The summed E-state index contributed by atoms with van der Waals surface area (Å²) in [7, 11) is 0. The number of aryl methyl sites for hydroxylation is 3. The summed E-state index contributed by atoms with van der Waals surface area (Å²) in [4.78, 5) is 20.5. The van der Waals surface area contributed by atoms with E-state index in [0.717, 1.165) is 11.4 Å². The first-order chi connectivity index (χ1) is 10.4. The fourth-order valence-corrected chi connectivity index (χ4v) is 2.12. The summed E-state index contributed by atoms with van der Waals surface area (Å²) in [5.74, 6) is -0.542. The Balaban J connectivity index is 1.91. The van der Waals surface area contributed by atoms with Crippen LogP contribution < -0.4 is 5.32 Å². The summed E-state index contributed by atoms with van der Waals surface area (Å²) in [6.07, 6.45) is 0. The molecule has 0 aliphatic rings. The van der Waals surface area contributed by atoms with Crippen LogP contribution in [0.25, 0.3) is 5.78 Å². The van der Waals surface area contributed by atoms with Crippen LogP contribution in [0.2, 0.25) is 0 Å². The van der Waals surface area contributed by atoms with E-state index in [0.29, 0.717) is 17.0 Å². The van der Waals surface area contributed by atoms with Crippen LogP contribution in [0.5, 0.6) is 0 Å². The molecular formula is C15H14FN5O. The Morgan fingerprint density at radius 3 is 2.68 bits per heavy atom. The van der Waals surface area contributed by atoms with E-state index in [1.807, 2.05) is 19.9 Å². The Kier molecular flexibility index (Phi) is 3.32. The van der Waals surface area contributed by atoms with Crippen molar-refractivity contribution in [3.63, 3.8) is 0 Å². The summed E-state index contributed by atoms with van der Waals surface area (Å²) < 4.78 is 15.0. The minimum atomic E-state index is -0.509. The molecule has 3 rings (SSSR count). The zero-order valence-electron chi connectivity index (χ0n) is 12.4. The molecule has 0 aliphatic heterocycles. The summed E-state index contributed by atoms with van der Waals surface area (Å²) in [5, 5.41) is 6.70. The number of aromatic nitrogens is 4. The molecule has 2 heterocycles. The molecule has 0 fully saturated rings. The Hall–Kier alpha value is -2.83. The lowest BCUT2D eigenvalue weighted by Crippen LogP contribution is -2.14. The van der Waals surface area contributed by atoms with E-state index in [2.05, 4.69) is 20.4 Å². The van der Waals surface area contributed by atoms with Gasteiger partial charge in [0.05, 0.1) is 0 Å². The predicted octanol–water partition coefficient (Wildman–Crippen LogP) is 2.44. The third-order valence-electron chi connectivity index (χ3n) is 3.25. The first-order valence-electron chi connectivity index (χ1n) is 6.72. The molecule has 2 aromatic heterocycles. The zero-order valence-corrected chi connectivity index (χ0v) is 12.4. The molecule has 0 saturated heterocycles. The van der Waals surface area contributed by atoms with Gasteiger partial charge in [-0.05, 0) is 44.5 Å². The molecule has 1 amide bonds. The van der Waals surface area contributed by atoms with E-state index in [-0.39, 0.29) is 11.6 Å². The van der Waals surface area contributed by atoms with Gasteiger partial charge in [0, 0.05) is 17.1 Å². The summed E-state index contributed by atoms with van der Waals surface area (Å²) in [6, 6.07) is 6.33. The number of nitrogens with zero attached hydrogens (tertiary/aromatic N) is 4. The fraction of sp³-hybridized carbons (Fsp3) is 0.200. The summed E-state index contributed by atoms with van der Waals surface area (Å²) in [5.41, 5.74) is 2.49. The minimum Gasteiger partial charge on any atom is -0.319 e. The lowest BCUT2D eigenvalue weighted by Gasteiger charge is -2.03. The van der Waals surface area contributed by atoms with Crippen molar-refractivity contribution in [2.45, 2.75) is 20.8 Å². The van der Waals surface area contributed by atoms with E-state index in [1.54, 1.807) is 19.1 Å². The van der Waals surface area contributed by atoms with Crippen molar-refractivity contribution in [1.82, 2.24) is 19.6 Å². The average Bonchev–Trinajstić information content (AvgIpc) is 2.87. The van der Waals surface area contributed by atoms with Gasteiger partial charge < -0.3 is 5.32 Å². The van der Waals surface area contributed by atoms with Crippen molar-refractivity contribution in [3.05, 3.63) is 52.9 Å². The lowest BCUT2D eigenvalue weighted by atomic mass is 10.2. The van der Waals surface area contributed by atoms with E-state index in [9.17, 15) is 9.18 Å². The SMILES string of the molecule is Cc1cc(C)n2nc(C(=O)Nc3ccc(C)c(F)c3)nc2n1. The van der Waals surface area contributed by atoms with Crippen LogP contribution in [0.4, 0.5) is 10.1 Å². The molecule has 1 N–H and O–H groups in total. The number of anilines is 1. The number of hydrogen-bond acceptors (Lipinski definition) is 4. The van der Waals surface area contributed by atoms with Crippen molar-refractivity contribution < 1.29 is 9.18 Å². The standard InChI is InChI=1S/C15H14FN5O/c1-8-4-5-11(7-12(8)16)18-14(22)13-19-15-17-9(2)6-10(3)21(15)20-13/h4-7H,1-3H3,(H,18,22). The molecule has 0 saturated carbocycles. The number of benzene rings is 1. The van der Waals surface area contributed by atoms with Gasteiger partial charge in [-0.15, -0.1) is 5.10 Å². The van der Waals surface area contributed by atoms with E-state index < -0.39 is 5.91 Å². The van der Waals surface area contributed by atoms with Gasteiger partial charge in [-0.25, -0.2) is 13.9 Å². The van der Waals surface area contributed by atoms with Crippen molar-refractivity contribution in [2.75, 3.05) is 5.32 Å². The highest BCUT2D eigenvalue weighted by Crippen LogP contribution is 2.14. The highest BCUT2D eigenvalue weighted by atomic mass is 19.1. The van der Waals surface area contributed by atoms with Crippen molar-refractivity contribution in [3.8, 4) is 0 Å². The third-order valence-corrected chi connectivity index (χ3v) is 3.25. The second-order valence-corrected chi connectivity index (χ2v) is 5.10. The number of amides is 1. The largest absolute Gasteiger partial charge is 0.319 e. The first-order valence-corrected chi connectivity index (χ1v) is 6.72. The van der Waals surface area contributed by atoms with E-state index >= 15 is 0 Å². The van der Waals surface area contributed by atoms with Crippen molar-refractivity contribution in [2.24, 2.45) is 0 Å². The second-order valence-electron chi connectivity index (χ2n) is 5.10. The minimum absolute atomic E-state index is 0.0119. The molecule has 0 bridgehead atoms. The number of carbonyl (C=O) groups is 1. The van der Waals surface area contributed by atoms with Crippen molar-refractivity contribution >= 4 is 17.4 Å². The molecule has 0 unspecified atom stereocenters.